The Hall–Kier alpha value is -8.14. The van der Waals surface area contributed by atoms with E-state index in [0.717, 1.165) is 93.6 Å². The van der Waals surface area contributed by atoms with E-state index >= 15 is 0 Å². The number of ether oxygens (including phenoxy) is 2. The van der Waals surface area contributed by atoms with Crippen LogP contribution in [0.15, 0.2) is 109 Å². The number of hydrogen-bond acceptors (Lipinski definition) is 12. The van der Waals surface area contributed by atoms with Gasteiger partial charge >= 0.3 is 11.9 Å². The Balaban J connectivity index is 0.749. The van der Waals surface area contributed by atoms with E-state index < -0.39 is 72.5 Å². The van der Waals surface area contributed by atoms with E-state index in [1.807, 2.05) is 24.3 Å². The monoisotopic (exact) mass is 884 g/mol. The van der Waals surface area contributed by atoms with Gasteiger partial charge in [0.15, 0.2) is 0 Å². The first-order valence-electron chi connectivity index (χ1n) is 21.4. The Labute approximate surface area is 375 Å². The maximum Gasteiger partial charge on any atom is 0.343 e. The van der Waals surface area contributed by atoms with Gasteiger partial charge in [-0.2, -0.15) is 0 Å². The SMILES string of the molecule is O=C(Oc1ccc(C23CC4CC(C2)CC(c2ccc(OC(=O)c5ccc6c(c5)C(=O)N(CN5C(=O)C=CC5=O)C6=O)cc2)(C4)C3)cc1)c1ccc2c(c1)C(=O)N(CN1C(=O)C=CC1=O)C2=O. The Morgan fingerprint density at radius 2 is 0.803 bits per heavy atom. The van der Waals surface area contributed by atoms with E-state index in [1.54, 1.807) is 24.3 Å². The molecule has 0 radical (unpaired) electrons. The van der Waals surface area contributed by atoms with Gasteiger partial charge in [0.25, 0.3) is 47.3 Å². The molecule has 16 nitrogen and oxygen atoms in total. The fourth-order valence-corrected chi connectivity index (χ4v) is 11.5. The van der Waals surface area contributed by atoms with Gasteiger partial charge in [-0.25, -0.2) is 9.59 Å². The molecule has 0 aromatic heterocycles. The molecule has 0 saturated heterocycles. The molecule has 4 aliphatic heterocycles. The minimum absolute atomic E-state index is 0.0293. The lowest BCUT2D eigenvalue weighted by atomic mass is 9.42. The highest BCUT2D eigenvalue weighted by Gasteiger charge is 2.58. The topological polar surface area (TPSA) is 202 Å². The number of carbonyl (C=O) groups excluding carboxylic acids is 10. The number of carbonyl (C=O) groups is 10. The lowest BCUT2D eigenvalue weighted by Crippen LogP contribution is -2.55. The average Bonchev–Trinajstić information content (AvgIpc) is 3.96. The normalized spacial score (nSPS) is 24.7. The zero-order valence-electron chi connectivity index (χ0n) is 34.9. The van der Waals surface area contributed by atoms with Gasteiger partial charge in [-0.3, -0.25) is 58.0 Å². The fraction of sp³-hybridized carbons (Fsp3) is 0.240. The molecule has 16 heteroatoms. The Morgan fingerprint density at radius 1 is 0.455 bits per heavy atom. The van der Waals surface area contributed by atoms with Crippen molar-refractivity contribution in [3.05, 3.63) is 154 Å². The summed E-state index contributed by atoms with van der Waals surface area (Å²) in [6, 6.07) is 23.2. The molecule has 0 spiro atoms. The standard InChI is InChI=1S/C50H36N4O12/c55-39-13-14-40(56)51(39)25-53-43(59)35-11-1-29(18-37(35)45(53)61)47(63)65-33-7-3-31(4-8-33)49-20-27-17-28(21-49)23-50(22-27,24-49)32-5-9-34(10-6-32)66-48(64)30-2-12-36-38(19-30)46(62)54(44(36)60)26-52-41(57)15-16-42(52)58/h1-16,18-19,27-28H,17,20-26H2. The van der Waals surface area contributed by atoms with E-state index in [2.05, 4.69) is 0 Å². The second-order valence-corrected chi connectivity index (χ2v) is 18.1. The van der Waals surface area contributed by atoms with Gasteiger partial charge in [0.05, 0.1) is 33.4 Å². The highest BCUT2D eigenvalue weighted by molar-refractivity contribution is 6.24. The van der Waals surface area contributed by atoms with Gasteiger partial charge in [-0.1, -0.05) is 24.3 Å². The van der Waals surface area contributed by atoms with Crippen molar-refractivity contribution in [1.82, 2.24) is 19.6 Å². The van der Waals surface area contributed by atoms with Crippen LogP contribution in [-0.2, 0) is 30.0 Å². The number of imide groups is 4. The predicted octanol–water partition coefficient (Wildman–Crippen LogP) is 4.87. The molecule has 8 amide bonds. The van der Waals surface area contributed by atoms with E-state index in [1.165, 1.54) is 36.4 Å². The van der Waals surface area contributed by atoms with Crippen molar-refractivity contribution in [2.75, 3.05) is 13.3 Å². The zero-order chi connectivity index (χ0) is 45.8. The smallest absolute Gasteiger partial charge is 0.343 e. The summed E-state index contributed by atoms with van der Waals surface area (Å²) < 4.78 is 11.5. The summed E-state index contributed by atoms with van der Waals surface area (Å²) >= 11 is 0. The number of hydrogen-bond donors (Lipinski definition) is 0. The lowest BCUT2D eigenvalue weighted by Gasteiger charge is -2.62. The van der Waals surface area contributed by atoms with Crippen molar-refractivity contribution in [3.63, 3.8) is 0 Å². The molecule has 328 valence electrons. The van der Waals surface area contributed by atoms with Crippen LogP contribution in [0.25, 0.3) is 0 Å². The van der Waals surface area contributed by atoms with E-state index in [9.17, 15) is 47.9 Å². The quantitative estimate of drug-likeness (QED) is 0.119. The summed E-state index contributed by atoms with van der Waals surface area (Å²) in [6.45, 7) is -1.08. The Morgan fingerprint density at radius 3 is 1.17 bits per heavy atom. The lowest BCUT2D eigenvalue weighted by molar-refractivity contribution is -0.139. The second-order valence-electron chi connectivity index (χ2n) is 18.1. The van der Waals surface area contributed by atoms with Crippen LogP contribution in [0.5, 0.6) is 11.5 Å². The third kappa shape index (κ3) is 6.42. The van der Waals surface area contributed by atoms with Crippen LogP contribution in [0.3, 0.4) is 0 Å². The summed E-state index contributed by atoms with van der Waals surface area (Å²) in [6.07, 6.45) is 10.5. The zero-order valence-corrected chi connectivity index (χ0v) is 34.9. The predicted molar refractivity (Wildman–Crippen MR) is 226 cm³/mol. The van der Waals surface area contributed by atoms with Gasteiger partial charge in [-0.05, 0) is 133 Å². The molecule has 12 rings (SSSR count). The first kappa shape index (κ1) is 40.6. The fourth-order valence-electron chi connectivity index (χ4n) is 11.5. The van der Waals surface area contributed by atoms with Crippen molar-refractivity contribution >= 4 is 59.2 Å². The highest BCUT2D eigenvalue weighted by Crippen LogP contribution is 2.66. The maximum absolute atomic E-state index is 13.3. The highest BCUT2D eigenvalue weighted by atomic mass is 16.5. The van der Waals surface area contributed by atoms with Crippen LogP contribution in [0.2, 0.25) is 0 Å². The van der Waals surface area contributed by atoms with Crippen molar-refractivity contribution in [2.45, 2.75) is 49.4 Å². The maximum atomic E-state index is 13.3. The minimum Gasteiger partial charge on any atom is -0.423 e. The first-order chi connectivity index (χ1) is 31.7. The molecule has 4 aliphatic carbocycles. The van der Waals surface area contributed by atoms with E-state index in [-0.39, 0.29) is 44.2 Å². The van der Waals surface area contributed by atoms with Gasteiger partial charge < -0.3 is 9.47 Å². The number of nitrogens with zero attached hydrogens (tertiary/aromatic N) is 4. The number of amides is 8. The van der Waals surface area contributed by atoms with E-state index in [0.29, 0.717) is 23.3 Å². The molecule has 4 bridgehead atoms. The molecule has 4 fully saturated rings. The largest absolute Gasteiger partial charge is 0.423 e. The first-order valence-corrected chi connectivity index (χ1v) is 21.4. The molecule has 4 aromatic carbocycles. The number of rotatable bonds is 10. The molecule has 8 aliphatic rings. The van der Waals surface area contributed by atoms with Crippen LogP contribution < -0.4 is 9.47 Å². The van der Waals surface area contributed by atoms with Crippen molar-refractivity contribution in [2.24, 2.45) is 11.8 Å². The van der Waals surface area contributed by atoms with Crippen LogP contribution in [0.1, 0.15) is 112 Å². The van der Waals surface area contributed by atoms with Crippen LogP contribution in [-0.4, -0.2) is 92.1 Å². The van der Waals surface area contributed by atoms with Crippen molar-refractivity contribution in [1.29, 1.82) is 0 Å². The summed E-state index contributed by atoms with van der Waals surface area (Å²) in [5.41, 5.74) is 2.26. The molecular weight excluding hydrogens is 849 g/mol. The second kappa shape index (κ2) is 14.7. The van der Waals surface area contributed by atoms with Crippen molar-refractivity contribution in [3.8, 4) is 11.5 Å². The summed E-state index contributed by atoms with van der Waals surface area (Å²) in [5, 5.41) is 0. The van der Waals surface area contributed by atoms with Crippen LogP contribution in [0.4, 0.5) is 0 Å². The molecule has 4 aromatic rings. The Bertz CT molecular complexity index is 2770. The van der Waals surface area contributed by atoms with Crippen LogP contribution in [0, 0.1) is 11.8 Å². The summed E-state index contributed by atoms with van der Waals surface area (Å²) in [7, 11) is 0. The van der Waals surface area contributed by atoms with Gasteiger partial charge in [0.1, 0.15) is 24.8 Å². The summed E-state index contributed by atoms with van der Waals surface area (Å²) in [5.74, 6) is -5.18. The number of fused-ring (bicyclic) bond motifs is 2. The van der Waals surface area contributed by atoms with Crippen LogP contribution >= 0.6 is 0 Å². The molecule has 0 unspecified atom stereocenters. The Kier molecular flexibility index (Phi) is 9.05. The molecule has 66 heavy (non-hydrogen) atoms. The number of esters is 2. The van der Waals surface area contributed by atoms with Gasteiger partial charge in [-0.15, -0.1) is 0 Å². The third-order valence-electron chi connectivity index (χ3n) is 14.2. The van der Waals surface area contributed by atoms with Gasteiger partial charge in [0, 0.05) is 24.3 Å². The van der Waals surface area contributed by atoms with E-state index in [4.69, 9.17) is 9.47 Å². The average molecular weight is 885 g/mol. The number of benzene rings is 4. The molecule has 4 saturated carbocycles. The molecular formula is C50H36N4O12. The van der Waals surface area contributed by atoms with Crippen molar-refractivity contribution < 1.29 is 57.4 Å². The van der Waals surface area contributed by atoms with Gasteiger partial charge in [0.2, 0.25) is 0 Å². The molecule has 0 atom stereocenters. The third-order valence-corrected chi connectivity index (χ3v) is 14.2. The molecule has 4 heterocycles. The summed E-state index contributed by atoms with van der Waals surface area (Å²) in [4.78, 5) is 130. The molecule has 0 N–H and O–H groups in total. The minimum atomic E-state index is -0.733.